The molecule has 3 saturated carbocycles. The van der Waals surface area contributed by atoms with E-state index in [9.17, 15) is 20.1 Å². The molecular formula is C21H32O4. The number of fused-ring (bicyclic) bond motifs is 5. The molecule has 0 radical (unpaired) electrons. The van der Waals surface area contributed by atoms with Gasteiger partial charge >= 0.3 is 0 Å². The fourth-order valence-corrected chi connectivity index (χ4v) is 7.31. The van der Waals surface area contributed by atoms with Gasteiger partial charge < -0.3 is 15.3 Å². The Balaban J connectivity index is 1.67. The Labute approximate surface area is 150 Å². The normalized spacial score (nSPS) is 50.5. The third kappa shape index (κ3) is 2.20. The molecule has 140 valence electrons. The Morgan fingerprint density at radius 3 is 2.56 bits per heavy atom. The molecule has 0 amide bonds. The minimum Gasteiger partial charge on any atom is -0.394 e. The van der Waals surface area contributed by atoms with Crippen molar-refractivity contribution in [2.24, 2.45) is 28.6 Å². The molecule has 0 aliphatic heterocycles. The Morgan fingerprint density at radius 1 is 1.12 bits per heavy atom. The van der Waals surface area contributed by atoms with E-state index >= 15 is 0 Å². The lowest BCUT2D eigenvalue weighted by Gasteiger charge is -2.59. The van der Waals surface area contributed by atoms with Gasteiger partial charge in [-0.25, -0.2) is 0 Å². The van der Waals surface area contributed by atoms with Crippen molar-refractivity contribution in [3.8, 4) is 0 Å². The fraction of sp³-hybridized carbons (Fsp3) is 0.857. The first-order chi connectivity index (χ1) is 11.8. The summed E-state index contributed by atoms with van der Waals surface area (Å²) in [6.45, 7) is 4.12. The van der Waals surface area contributed by atoms with Crippen LogP contribution in [0.25, 0.3) is 0 Å². The van der Waals surface area contributed by atoms with Crippen LogP contribution >= 0.6 is 0 Å². The zero-order valence-electron chi connectivity index (χ0n) is 15.5. The largest absolute Gasteiger partial charge is 0.394 e. The number of rotatable bonds is 2. The molecule has 3 N–H and O–H groups in total. The lowest BCUT2D eigenvalue weighted by molar-refractivity contribution is -0.184. The Hall–Kier alpha value is -0.710. The molecule has 0 spiro atoms. The number of hydrogen-bond acceptors (Lipinski definition) is 4. The summed E-state index contributed by atoms with van der Waals surface area (Å²) in [7, 11) is 0. The van der Waals surface area contributed by atoms with E-state index in [2.05, 4.69) is 13.8 Å². The van der Waals surface area contributed by atoms with Crippen LogP contribution in [0.5, 0.6) is 0 Å². The average molecular weight is 348 g/mol. The number of ketones is 1. The standard InChI is InChI=1S/C21H32O4/c1-19-8-5-14(23)11-13(19)3-4-15-16(19)6-9-20(2)17(15)7-10-21(20,25)18(24)12-22/h11,15-18,22,24-25H,3-10,12H2,1-2H3/t15-,16-,17-,18-,19+,20+,21-/m1/s1. The summed E-state index contributed by atoms with van der Waals surface area (Å²) in [6.07, 6.45) is 8.03. The second-order valence-electron chi connectivity index (χ2n) is 9.59. The molecule has 4 heteroatoms. The molecule has 0 heterocycles. The second kappa shape index (κ2) is 5.64. The molecule has 0 saturated heterocycles. The summed E-state index contributed by atoms with van der Waals surface area (Å²) in [5.74, 6) is 1.81. The van der Waals surface area contributed by atoms with E-state index in [1.807, 2.05) is 6.08 Å². The monoisotopic (exact) mass is 348 g/mol. The highest BCUT2D eigenvalue weighted by atomic mass is 16.4. The van der Waals surface area contributed by atoms with Gasteiger partial charge in [0.1, 0.15) is 6.10 Å². The third-order valence-corrected chi connectivity index (χ3v) is 8.90. The van der Waals surface area contributed by atoms with E-state index in [1.54, 1.807) is 0 Å². The second-order valence-corrected chi connectivity index (χ2v) is 9.59. The topological polar surface area (TPSA) is 77.8 Å². The van der Waals surface area contributed by atoms with Crippen LogP contribution in [0, 0.1) is 28.6 Å². The molecule has 4 nitrogen and oxygen atoms in total. The van der Waals surface area contributed by atoms with Gasteiger partial charge in [-0.05, 0) is 74.2 Å². The van der Waals surface area contributed by atoms with Crippen molar-refractivity contribution in [2.45, 2.75) is 76.9 Å². The lowest BCUT2D eigenvalue weighted by atomic mass is 9.46. The maximum Gasteiger partial charge on any atom is 0.155 e. The van der Waals surface area contributed by atoms with Gasteiger partial charge in [-0.3, -0.25) is 4.79 Å². The predicted octanol–water partition coefficient (Wildman–Crippen LogP) is 2.60. The lowest BCUT2D eigenvalue weighted by Crippen LogP contribution is -2.59. The summed E-state index contributed by atoms with van der Waals surface area (Å²) in [4.78, 5) is 11.9. The van der Waals surface area contributed by atoms with Crippen LogP contribution in [0.1, 0.15) is 65.2 Å². The predicted molar refractivity (Wildman–Crippen MR) is 94.8 cm³/mol. The number of aliphatic hydroxyl groups excluding tert-OH is 2. The van der Waals surface area contributed by atoms with Crippen molar-refractivity contribution in [2.75, 3.05) is 6.61 Å². The molecule has 25 heavy (non-hydrogen) atoms. The number of carbonyl (C=O) groups is 1. The van der Waals surface area contributed by atoms with Gasteiger partial charge in [0, 0.05) is 11.8 Å². The molecule has 0 aromatic rings. The molecule has 4 aliphatic carbocycles. The molecule has 4 rings (SSSR count). The number of aliphatic hydroxyl groups is 3. The molecule has 0 unspecified atom stereocenters. The summed E-state index contributed by atoms with van der Waals surface area (Å²) >= 11 is 0. The summed E-state index contributed by atoms with van der Waals surface area (Å²) in [6, 6.07) is 0. The van der Waals surface area contributed by atoms with Gasteiger partial charge in [-0.15, -0.1) is 0 Å². The fourth-order valence-electron chi connectivity index (χ4n) is 7.31. The van der Waals surface area contributed by atoms with Crippen LogP contribution in [0.15, 0.2) is 11.6 Å². The minimum absolute atomic E-state index is 0.133. The Kier molecular flexibility index (Phi) is 3.99. The quantitative estimate of drug-likeness (QED) is 0.717. The van der Waals surface area contributed by atoms with E-state index in [4.69, 9.17) is 0 Å². The Morgan fingerprint density at radius 2 is 1.84 bits per heavy atom. The number of carbonyl (C=O) groups excluding carboxylic acids is 1. The molecule has 3 fully saturated rings. The van der Waals surface area contributed by atoms with Crippen LogP contribution in [-0.2, 0) is 4.79 Å². The third-order valence-electron chi connectivity index (χ3n) is 8.90. The zero-order chi connectivity index (χ0) is 18.0. The maximum absolute atomic E-state index is 11.9. The van der Waals surface area contributed by atoms with Gasteiger partial charge in [0.2, 0.25) is 0 Å². The highest BCUT2D eigenvalue weighted by Gasteiger charge is 2.65. The number of allylic oxidation sites excluding steroid dienone is 1. The first-order valence-corrected chi connectivity index (χ1v) is 10.0. The van der Waals surface area contributed by atoms with E-state index in [-0.39, 0.29) is 23.2 Å². The van der Waals surface area contributed by atoms with Crippen molar-refractivity contribution in [1.29, 1.82) is 0 Å². The summed E-state index contributed by atoms with van der Waals surface area (Å²) in [5.41, 5.74) is 0.00120. The molecule has 0 aromatic carbocycles. The zero-order valence-corrected chi connectivity index (χ0v) is 15.5. The summed E-state index contributed by atoms with van der Waals surface area (Å²) in [5, 5.41) is 31.1. The van der Waals surface area contributed by atoms with Crippen LogP contribution in [-0.4, -0.2) is 39.4 Å². The van der Waals surface area contributed by atoms with E-state index in [0.717, 1.165) is 38.5 Å². The van der Waals surface area contributed by atoms with Crippen LogP contribution < -0.4 is 0 Å². The van der Waals surface area contributed by atoms with Gasteiger partial charge in [-0.1, -0.05) is 19.4 Å². The molecular weight excluding hydrogens is 316 g/mol. The maximum atomic E-state index is 11.9. The van der Waals surface area contributed by atoms with Crippen molar-refractivity contribution in [3.05, 3.63) is 11.6 Å². The van der Waals surface area contributed by atoms with Crippen LogP contribution in [0.3, 0.4) is 0 Å². The average Bonchev–Trinajstić information content (AvgIpc) is 2.87. The van der Waals surface area contributed by atoms with Crippen molar-refractivity contribution in [3.63, 3.8) is 0 Å². The first-order valence-electron chi connectivity index (χ1n) is 10.0. The van der Waals surface area contributed by atoms with Gasteiger partial charge in [0.05, 0.1) is 12.2 Å². The molecule has 0 bridgehead atoms. The van der Waals surface area contributed by atoms with Crippen LogP contribution in [0.2, 0.25) is 0 Å². The van der Waals surface area contributed by atoms with E-state index in [1.165, 1.54) is 5.57 Å². The van der Waals surface area contributed by atoms with Crippen molar-refractivity contribution >= 4 is 5.78 Å². The summed E-state index contributed by atoms with van der Waals surface area (Å²) < 4.78 is 0. The van der Waals surface area contributed by atoms with Gasteiger partial charge in [-0.2, -0.15) is 0 Å². The van der Waals surface area contributed by atoms with Crippen LogP contribution in [0.4, 0.5) is 0 Å². The van der Waals surface area contributed by atoms with E-state index < -0.39 is 11.7 Å². The molecule has 0 aromatic heterocycles. The smallest absolute Gasteiger partial charge is 0.155 e. The van der Waals surface area contributed by atoms with Gasteiger partial charge in [0.15, 0.2) is 5.78 Å². The molecule has 4 aliphatic rings. The Bertz CT molecular complexity index is 613. The first kappa shape index (κ1) is 17.7. The van der Waals surface area contributed by atoms with E-state index in [0.29, 0.717) is 30.6 Å². The van der Waals surface area contributed by atoms with Crippen molar-refractivity contribution in [1.82, 2.24) is 0 Å². The minimum atomic E-state index is -1.17. The highest BCUT2D eigenvalue weighted by Crippen LogP contribution is 2.67. The van der Waals surface area contributed by atoms with Crippen molar-refractivity contribution < 1.29 is 20.1 Å². The SMILES string of the molecule is C[C@]12CCC(=O)C=C1CC[C@@H]1[C@H]2CC[C@@]2(C)[C@@H]1CC[C@@]2(O)[C@H](O)CO. The van der Waals surface area contributed by atoms with Gasteiger partial charge in [0.25, 0.3) is 0 Å². The highest BCUT2D eigenvalue weighted by molar-refractivity contribution is 5.91. The molecule has 7 atom stereocenters. The number of hydrogen-bond donors (Lipinski definition) is 3.